The van der Waals surface area contributed by atoms with Crippen LogP contribution in [0.1, 0.15) is 20.8 Å². The maximum Gasteiger partial charge on any atom is 0.0694 e. The predicted molar refractivity (Wildman–Crippen MR) is 63.0 cm³/mol. The lowest BCUT2D eigenvalue weighted by atomic mass is 9.73. The van der Waals surface area contributed by atoms with Crippen LogP contribution in [0, 0.1) is 5.41 Å². The molecule has 0 aromatic heterocycles. The molecule has 1 aliphatic rings. The lowest BCUT2D eigenvalue weighted by molar-refractivity contribution is 0.312. The Morgan fingerprint density at radius 3 is 2.33 bits per heavy atom. The first-order valence-corrected chi connectivity index (χ1v) is 4.93. The third kappa shape index (κ3) is 2.47. The number of nitrogens with zero attached hydrogens (tertiary/aromatic N) is 1. The molecule has 0 aromatic rings. The Bertz CT molecular complexity index is 320. The summed E-state index contributed by atoms with van der Waals surface area (Å²) in [6, 6.07) is 0. The van der Waals surface area contributed by atoms with Crippen LogP contribution in [-0.4, -0.2) is 10.7 Å². The quantitative estimate of drug-likeness (QED) is 0.463. The molecule has 0 spiro atoms. The topological polar surface area (TPSA) is 81.3 Å². The first-order valence-electron chi connectivity index (χ1n) is 4.93. The van der Waals surface area contributed by atoms with E-state index in [-0.39, 0.29) is 11.0 Å². The van der Waals surface area contributed by atoms with Gasteiger partial charge in [0.1, 0.15) is 0 Å². The van der Waals surface area contributed by atoms with E-state index in [0.29, 0.717) is 0 Å². The van der Waals surface area contributed by atoms with E-state index in [2.05, 4.69) is 13.0 Å². The van der Waals surface area contributed by atoms with Crippen molar-refractivity contribution in [3.05, 3.63) is 36.1 Å². The van der Waals surface area contributed by atoms with Crippen LogP contribution < -0.4 is 17.4 Å². The van der Waals surface area contributed by atoms with Crippen molar-refractivity contribution in [1.29, 1.82) is 0 Å². The van der Waals surface area contributed by atoms with Crippen LogP contribution in [0.15, 0.2) is 36.1 Å². The molecule has 0 radical (unpaired) electrons. The van der Waals surface area contributed by atoms with E-state index in [1.54, 1.807) is 0 Å². The normalized spacial score (nSPS) is 26.1. The molecule has 0 saturated heterocycles. The average Bonchev–Trinajstić information content (AvgIpc) is 2.26. The second-order valence-corrected chi connectivity index (χ2v) is 4.70. The SMILES string of the molecule is CC(C)(N)C1(C)C=CC=C(N(N)N)C=C1. The molecule has 6 N–H and O–H groups in total. The molecule has 1 atom stereocenters. The molecule has 0 bridgehead atoms. The second-order valence-electron chi connectivity index (χ2n) is 4.70. The minimum Gasteiger partial charge on any atom is -0.325 e. The standard InChI is InChI=1S/C11H20N4/c1-10(2,12)11(3)7-4-5-9(6-8-11)15(13)14/h4-8H,12-14H2,1-3H3. The highest BCUT2D eigenvalue weighted by Crippen LogP contribution is 2.33. The first-order chi connectivity index (χ1) is 6.76. The van der Waals surface area contributed by atoms with Crippen LogP contribution in [0.5, 0.6) is 0 Å². The number of hydrazine groups is 2. The van der Waals surface area contributed by atoms with Crippen molar-refractivity contribution >= 4 is 0 Å². The molecule has 15 heavy (non-hydrogen) atoms. The van der Waals surface area contributed by atoms with Gasteiger partial charge in [0, 0.05) is 11.0 Å². The maximum absolute atomic E-state index is 6.13. The van der Waals surface area contributed by atoms with E-state index in [1.165, 1.54) is 0 Å². The monoisotopic (exact) mass is 208 g/mol. The Morgan fingerprint density at radius 1 is 1.27 bits per heavy atom. The van der Waals surface area contributed by atoms with Crippen LogP contribution in [0.25, 0.3) is 0 Å². The Balaban J connectivity index is 3.01. The zero-order valence-corrected chi connectivity index (χ0v) is 9.57. The Hall–Kier alpha value is -1.10. The molecule has 0 aliphatic heterocycles. The van der Waals surface area contributed by atoms with Gasteiger partial charge >= 0.3 is 0 Å². The maximum atomic E-state index is 6.13. The highest BCUT2D eigenvalue weighted by atomic mass is 15.6. The summed E-state index contributed by atoms with van der Waals surface area (Å²) in [6.07, 6.45) is 9.74. The summed E-state index contributed by atoms with van der Waals surface area (Å²) < 4.78 is 0. The third-order valence-corrected chi connectivity index (χ3v) is 3.00. The largest absolute Gasteiger partial charge is 0.325 e. The van der Waals surface area contributed by atoms with Gasteiger partial charge < -0.3 is 5.73 Å². The molecule has 0 saturated carbocycles. The molecule has 1 unspecified atom stereocenters. The van der Waals surface area contributed by atoms with Crippen molar-refractivity contribution in [2.45, 2.75) is 26.3 Å². The van der Waals surface area contributed by atoms with Crippen LogP contribution in [0.2, 0.25) is 0 Å². The summed E-state index contributed by atoms with van der Waals surface area (Å²) >= 11 is 0. The van der Waals surface area contributed by atoms with Crippen LogP contribution in [0.4, 0.5) is 0 Å². The van der Waals surface area contributed by atoms with Gasteiger partial charge in [0.2, 0.25) is 0 Å². The first kappa shape index (κ1) is 12.0. The van der Waals surface area contributed by atoms with Gasteiger partial charge in [0.05, 0.1) is 5.70 Å². The molecular formula is C11H20N4. The summed E-state index contributed by atoms with van der Waals surface area (Å²) in [6.45, 7) is 6.07. The minimum absolute atomic E-state index is 0.207. The molecule has 0 fully saturated rings. The van der Waals surface area contributed by atoms with Gasteiger partial charge in [0.25, 0.3) is 0 Å². The Kier molecular flexibility index (Phi) is 3.04. The highest BCUT2D eigenvalue weighted by Gasteiger charge is 2.33. The molecule has 1 rings (SSSR count). The van der Waals surface area contributed by atoms with E-state index in [9.17, 15) is 0 Å². The fourth-order valence-electron chi connectivity index (χ4n) is 1.32. The summed E-state index contributed by atoms with van der Waals surface area (Å²) in [5, 5.41) is 1.09. The smallest absolute Gasteiger partial charge is 0.0694 e. The van der Waals surface area contributed by atoms with Gasteiger partial charge in [0.15, 0.2) is 0 Å². The molecule has 4 heteroatoms. The summed E-state index contributed by atoms with van der Waals surface area (Å²) in [4.78, 5) is 0. The van der Waals surface area contributed by atoms with Crippen molar-refractivity contribution < 1.29 is 0 Å². The van der Waals surface area contributed by atoms with Gasteiger partial charge in [-0.3, -0.25) is 0 Å². The van der Waals surface area contributed by atoms with Crippen LogP contribution in [0.3, 0.4) is 0 Å². The van der Waals surface area contributed by atoms with Crippen LogP contribution >= 0.6 is 0 Å². The van der Waals surface area contributed by atoms with Crippen molar-refractivity contribution in [2.75, 3.05) is 0 Å². The average molecular weight is 208 g/mol. The molecule has 84 valence electrons. The molecular weight excluding hydrogens is 188 g/mol. The molecule has 4 nitrogen and oxygen atoms in total. The van der Waals surface area contributed by atoms with E-state index < -0.39 is 0 Å². The lowest BCUT2D eigenvalue weighted by Gasteiger charge is -2.36. The second kappa shape index (κ2) is 3.81. The lowest BCUT2D eigenvalue weighted by Crippen LogP contribution is -2.46. The molecule has 0 amide bonds. The molecule has 0 heterocycles. The van der Waals surface area contributed by atoms with Gasteiger partial charge in [-0.2, -0.15) is 0 Å². The number of hydrogen-bond acceptors (Lipinski definition) is 4. The number of allylic oxidation sites excluding steroid dienone is 3. The molecule has 1 aliphatic carbocycles. The van der Waals surface area contributed by atoms with Crippen molar-refractivity contribution in [2.24, 2.45) is 22.8 Å². The van der Waals surface area contributed by atoms with Crippen LogP contribution in [-0.2, 0) is 0 Å². The fraction of sp³-hybridized carbons (Fsp3) is 0.455. The zero-order chi connectivity index (χ0) is 11.7. The van der Waals surface area contributed by atoms with Gasteiger partial charge in [-0.05, 0) is 26.0 Å². The van der Waals surface area contributed by atoms with E-state index in [1.807, 2.05) is 38.2 Å². The Morgan fingerprint density at radius 2 is 1.87 bits per heavy atom. The summed E-state index contributed by atoms with van der Waals surface area (Å²) in [5.41, 5.74) is 6.34. The fourth-order valence-corrected chi connectivity index (χ4v) is 1.32. The van der Waals surface area contributed by atoms with E-state index in [4.69, 9.17) is 17.4 Å². The highest BCUT2D eigenvalue weighted by molar-refractivity contribution is 5.32. The third-order valence-electron chi connectivity index (χ3n) is 3.00. The summed E-state index contributed by atoms with van der Waals surface area (Å²) in [7, 11) is 0. The number of hydrogen-bond donors (Lipinski definition) is 3. The van der Waals surface area contributed by atoms with Crippen molar-refractivity contribution in [1.82, 2.24) is 5.12 Å². The predicted octanol–water partition coefficient (Wildman–Crippen LogP) is 0.789. The van der Waals surface area contributed by atoms with Gasteiger partial charge in [-0.25, -0.2) is 16.8 Å². The van der Waals surface area contributed by atoms with Crippen molar-refractivity contribution in [3.8, 4) is 0 Å². The zero-order valence-electron chi connectivity index (χ0n) is 9.57. The van der Waals surface area contributed by atoms with Gasteiger partial charge in [-0.1, -0.05) is 25.2 Å². The minimum atomic E-state index is -0.336. The number of rotatable bonds is 2. The van der Waals surface area contributed by atoms with Crippen molar-refractivity contribution in [3.63, 3.8) is 0 Å². The van der Waals surface area contributed by atoms with E-state index >= 15 is 0 Å². The Labute approximate surface area is 91.0 Å². The van der Waals surface area contributed by atoms with Gasteiger partial charge in [-0.15, -0.1) is 0 Å². The van der Waals surface area contributed by atoms with E-state index in [0.717, 1.165) is 10.8 Å². The summed E-state index contributed by atoms with van der Waals surface area (Å²) in [5.74, 6) is 10.9. The molecule has 0 aromatic carbocycles. The number of nitrogens with two attached hydrogens (primary N) is 3.